The molecule has 0 saturated carbocycles. The van der Waals surface area contributed by atoms with Gasteiger partial charge < -0.3 is 4.90 Å². The van der Waals surface area contributed by atoms with Crippen LogP contribution in [0, 0.1) is 5.92 Å². The number of anilines is 2. The molecule has 0 fully saturated rings. The first-order valence-electron chi connectivity index (χ1n) is 13.1. The Hall–Kier alpha value is -4.18. The third kappa shape index (κ3) is 4.55. The van der Waals surface area contributed by atoms with Gasteiger partial charge in [0.15, 0.2) is 0 Å². The van der Waals surface area contributed by atoms with Crippen molar-refractivity contribution in [2.45, 2.75) is 26.3 Å². The molecular weight excluding hydrogens is 452 g/mol. The molecule has 3 aromatic carbocycles. The van der Waals surface area contributed by atoms with E-state index in [9.17, 15) is 0 Å². The van der Waals surface area contributed by atoms with Crippen molar-refractivity contribution < 1.29 is 0 Å². The number of benzene rings is 3. The second-order valence-electron chi connectivity index (χ2n) is 9.34. The fraction of sp³-hybridized carbons (Fsp3) is 0.212. The summed E-state index contributed by atoms with van der Waals surface area (Å²) in [6.45, 7) is 8.66. The Kier molecular flexibility index (Phi) is 7.18. The lowest BCUT2D eigenvalue weighted by molar-refractivity contribution is 0.435. The summed E-state index contributed by atoms with van der Waals surface area (Å²) in [6, 6.07) is 36.1. The molecule has 186 valence electrons. The zero-order chi connectivity index (χ0) is 25.7. The molecule has 1 unspecified atom stereocenters. The quantitative estimate of drug-likeness (QED) is 0.260. The lowest BCUT2D eigenvalue weighted by Gasteiger charge is -2.41. The monoisotopic (exact) mass is 486 g/mol. The molecule has 0 radical (unpaired) electrons. The zero-order valence-corrected chi connectivity index (χ0v) is 21.8. The third-order valence-corrected chi connectivity index (χ3v) is 7.38. The summed E-state index contributed by atoms with van der Waals surface area (Å²) >= 11 is 0. The van der Waals surface area contributed by atoms with Crippen LogP contribution in [0.5, 0.6) is 0 Å². The van der Waals surface area contributed by atoms with Crippen LogP contribution < -0.4 is 9.91 Å². The van der Waals surface area contributed by atoms with Gasteiger partial charge >= 0.3 is 0 Å². The van der Waals surface area contributed by atoms with E-state index in [0.29, 0.717) is 0 Å². The van der Waals surface area contributed by atoms with Gasteiger partial charge in [-0.1, -0.05) is 91.9 Å². The highest BCUT2D eigenvalue weighted by Gasteiger charge is 2.52. The fourth-order valence-electron chi connectivity index (χ4n) is 5.43. The van der Waals surface area contributed by atoms with Gasteiger partial charge in [-0.05, 0) is 60.9 Å². The molecule has 4 aromatic rings. The second-order valence-corrected chi connectivity index (χ2v) is 9.34. The highest BCUT2D eigenvalue weighted by molar-refractivity contribution is 6.04. The molecule has 0 saturated heterocycles. The van der Waals surface area contributed by atoms with E-state index in [1.54, 1.807) is 0 Å². The largest absolute Gasteiger partial charge is 0.372 e. The van der Waals surface area contributed by atoms with Crippen LogP contribution in [0.25, 0.3) is 6.08 Å². The summed E-state index contributed by atoms with van der Waals surface area (Å²) in [6.07, 6.45) is 6.17. The van der Waals surface area contributed by atoms with Gasteiger partial charge in [0.25, 0.3) is 0 Å². The van der Waals surface area contributed by atoms with Crippen molar-refractivity contribution in [1.82, 2.24) is 4.98 Å². The number of hydrogen-bond donors (Lipinski definition) is 0. The highest BCUT2D eigenvalue weighted by Crippen LogP contribution is 2.49. The normalized spacial score (nSPS) is 16.7. The van der Waals surface area contributed by atoms with Gasteiger partial charge in [0, 0.05) is 30.9 Å². The van der Waals surface area contributed by atoms with Crippen molar-refractivity contribution in [3.05, 3.63) is 132 Å². The minimum Gasteiger partial charge on any atom is -0.372 e. The highest BCUT2D eigenvalue weighted by atomic mass is 15.5. The number of hydrogen-bond acceptors (Lipinski definition) is 4. The predicted octanol–water partition coefficient (Wildman–Crippen LogP) is 7.40. The van der Waals surface area contributed by atoms with E-state index in [4.69, 9.17) is 10.1 Å². The number of allylic oxidation sites excluding steroid dienone is 1. The number of hydrazone groups is 1. The van der Waals surface area contributed by atoms with Gasteiger partial charge in [0.05, 0.1) is 5.71 Å². The lowest BCUT2D eigenvalue weighted by Crippen LogP contribution is -2.46. The van der Waals surface area contributed by atoms with E-state index in [1.807, 2.05) is 24.4 Å². The minimum absolute atomic E-state index is 0.0745. The van der Waals surface area contributed by atoms with Gasteiger partial charge in [-0.15, -0.1) is 0 Å². The van der Waals surface area contributed by atoms with E-state index in [-0.39, 0.29) is 5.92 Å². The molecule has 1 atom stereocenters. The van der Waals surface area contributed by atoms with Crippen LogP contribution in [0.4, 0.5) is 11.5 Å². The van der Waals surface area contributed by atoms with Crippen molar-refractivity contribution in [3.8, 4) is 0 Å². The smallest absolute Gasteiger partial charge is 0.150 e. The van der Waals surface area contributed by atoms with E-state index < -0.39 is 5.54 Å². The minimum atomic E-state index is -0.525. The number of nitrogens with zero attached hydrogens (tertiary/aromatic N) is 4. The standard InChI is InChI=1S/C33H34N4/c1-4-36(5-2)30-22-19-27(20-23-30)21-24-31-26(3)33(28-14-8-6-9-15-28,29-16-10-7-11-17-29)37(35-31)32-18-12-13-25-34-32/h6-26H,4-5H2,1-3H3. The summed E-state index contributed by atoms with van der Waals surface area (Å²) in [4.78, 5) is 7.08. The molecule has 0 aliphatic carbocycles. The van der Waals surface area contributed by atoms with Crippen molar-refractivity contribution in [2.75, 3.05) is 23.0 Å². The van der Waals surface area contributed by atoms with Crippen molar-refractivity contribution in [2.24, 2.45) is 11.0 Å². The number of rotatable bonds is 8. The molecule has 4 nitrogen and oxygen atoms in total. The van der Waals surface area contributed by atoms with E-state index in [1.165, 1.54) is 16.8 Å². The first kappa shape index (κ1) is 24.5. The molecule has 37 heavy (non-hydrogen) atoms. The fourth-order valence-corrected chi connectivity index (χ4v) is 5.43. The van der Waals surface area contributed by atoms with Crippen molar-refractivity contribution in [1.29, 1.82) is 0 Å². The van der Waals surface area contributed by atoms with Crippen molar-refractivity contribution in [3.63, 3.8) is 0 Å². The van der Waals surface area contributed by atoms with Crippen LogP contribution >= 0.6 is 0 Å². The van der Waals surface area contributed by atoms with E-state index in [2.05, 4.69) is 128 Å². The first-order chi connectivity index (χ1) is 18.2. The maximum absolute atomic E-state index is 5.23. The van der Waals surface area contributed by atoms with E-state index in [0.717, 1.165) is 30.2 Å². The molecule has 1 aromatic heterocycles. The average molecular weight is 487 g/mol. The Bertz CT molecular complexity index is 1300. The Labute approximate surface area is 220 Å². The third-order valence-electron chi connectivity index (χ3n) is 7.38. The molecule has 0 spiro atoms. The molecule has 2 heterocycles. The van der Waals surface area contributed by atoms with Crippen LogP contribution in [0.15, 0.2) is 121 Å². The molecule has 1 aliphatic rings. The average Bonchev–Trinajstić information content (AvgIpc) is 3.27. The van der Waals surface area contributed by atoms with Crippen LogP contribution in [0.2, 0.25) is 0 Å². The van der Waals surface area contributed by atoms with Crippen LogP contribution in [-0.4, -0.2) is 23.8 Å². The maximum atomic E-state index is 5.23. The Balaban J connectivity index is 1.59. The molecule has 0 N–H and O–H groups in total. The summed E-state index contributed by atoms with van der Waals surface area (Å²) in [5.41, 5.74) is 5.29. The summed E-state index contributed by atoms with van der Waals surface area (Å²) in [5, 5.41) is 7.34. The van der Waals surface area contributed by atoms with Crippen LogP contribution in [0.1, 0.15) is 37.5 Å². The Morgan fingerprint density at radius 2 is 1.35 bits per heavy atom. The van der Waals surface area contributed by atoms with Gasteiger partial charge in [-0.25, -0.2) is 9.99 Å². The SMILES string of the molecule is CCN(CC)c1ccc(C=CC2=NN(c3ccccn3)C(c3ccccc3)(c3ccccc3)C2C)cc1. The molecule has 5 rings (SSSR count). The molecule has 0 bridgehead atoms. The van der Waals surface area contributed by atoms with Gasteiger partial charge in [0.1, 0.15) is 11.4 Å². The Morgan fingerprint density at radius 1 is 0.757 bits per heavy atom. The molecule has 4 heteroatoms. The van der Waals surface area contributed by atoms with Gasteiger partial charge in [-0.2, -0.15) is 5.10 Å². The number of aromatic nitrogens is 1. The van der Waals surface area contributed by atoms with Crippen LogP contribution in [-0.2, 0) is 5.54 Å². The molecule has 1 aliphatic heterocycles. The van der Waals surface area contributed by atoms with Crippen molar-refractivity contribution >= 4 is 23.3 Å². The second kappa shape index (κ2) is 10.8. The Morgan fingerprint density at radius 3 is 1.89 bits per heavy atom. The lowest BCUT2D eigenvalue weighted by atomic mass is 9.72. The molecular formula is C33H34N4. The molecule has 0 amide bonds. The topological polar surface area (TPSA) is 31.7 Å². The summed E-state index contributed by atoms with van der Waals surface area (Å²) < 4.78 is 0. The predicted molar refractivity (Wildman–Crippen MR) is 156 cm³/mol. The summed E-state index contributed by atoms with van der Waals surface area (Å²) in [5.74, 6) is 0.902. The van der Waals surface area contributed by atoms with Gasteiger partial charge in [-0.3, -0.25) is 0 Å². The van der Waals surface area contributed by atoms with E-state index >= 15 is 0 Å². The summed E-state index contributed by atoms with van der Waals surface area (Å²) in [7, 11) is 0. The zero-order valence-electron chi connectivity index (χ0n) is 21.8. The number of pyridine rings is 1. The van der Waals surface area contributed by atoms with Gasteiger partial charge in [0.2, 0.25) is 0 Å². The first-order valence-corrected chi connectivity index (χ1v) is 13.1. The van der Waals surface area contributed by atoms with Crippen LogP contribution in [0.3, 0.4) is 0 Å². The maximum Gasteiger partial charge on any atom is 0.150 e.